The fourth-order valence-electron chi connectivity index (χ4n) is 2.24. The molecule has 7 heteroatoms. The van der Waals surface area contributed by atoms with E-state index in [-0.39, 0.29) is 12.4 Å². The van der Waals surface area contributed by atoms with Crippen LogP contribution in [0.25, 0.3) is 0 Å². The molecule has 1 atom stereocenters. The summed E-state index contributed by atoms with van der Waals surface area (Å²) in [6.07, 6.45) is 3.32. The predicted molar refractivity (Wildman–Crippen MR) is 90.1 cm³/mol. The molecule has 24 heavy (non-hydrogen) atoms. The minimum absolute atomic E-state index is 0.00933. The highest BCUT2D eigenvalue weighted by atomic mass is 19.1. The van der Waals surface area contributed by atoms with Gasteiger partial charge in [-0.25, -0.2) is 9.18 Å². The van der Waals surface area contributed by atoms with Gasteiger partial charge in [0.15, 0.2) is 0 Å². The van der Waals surface area contributed by atoms with Gasteiger partial charge in [-0.05, 0) is 30.5 Å². The number of hydrogen-bond donors (Lipinski definition) is 3. The first-order chi connectivity index (χ1) is 11.3. The topological polar surface area (TPSA) is 79.2 Å². The van der Waals surface area contributed by atoms with E-state index in [0.29, 0.717) is 17.2 Å². The van der Waals surface area contributed by atoms with E-state index in [1.54, 1.807) is 24.0 Å². The Kier molecular flexibility index (Phi) is 5.56. The van der Waals surface area contributed by atoms with Gasteiger partial charge < -0.3 is 15.7 Å². The van der Waals surface area contributed by atoms with Gasteiger partial charge in [-0.15, -0.1) is 0 Å². The Hall–Kier alpha value is -2.41. The zero-order valence-electron chi connectivity index (χ0n) is 14.1. The smallest absolute Gasteiger partial charge is 0.319 e. The lowest BCUT2D eigenvalue weighted by Crippen LogP contribution is -2.40. The number of amides is 2. The number of urea groups is 1. The maximum absolute atomic E-state index is 12.9. The van der Waals surface area contributed by atoms with Crippen molar-refractivity contribution in [2.24, 2.45) is 5.92 Å². The number of rotatable bonds is 6. The third-order valence-corrected chi connectivity index (χ3v) is 3.50. The summed E-state index contributed by atoms with van der Waals surface area (Å²) in [5.74, 6) is 0.0797. The Bertz CT molecular complexity index is 680. The SMILES string of the molecule is CC(C)Cn1cc(NC(=O)NCC(C)(O)c2ccc(F)cc2)cn1. The third-order valence-electron chi connectivity index (χ3n) is 3.50. The number of carbonyl (C=O) groups excluding carboxylic acids is 1. The minimum Gasteiger partial charge on any atom is -0.384 e. The van der Waals surface area contributed by atoms with Crippen molar-refractivity contribution in [1.82, 2.24) is 15.1 Å². The van der Waals surface area contributed by atoms with Crippen molar-refractivity contribution in [2.75, 3.05) is 11.9 Å². The van der Waals surface area contributed by atoms with E-state index in [4.69, 9.17) is 0 Å². The molecule has 3 N–H and O–H groups in total. The normalized spacial score (nSPS) is 13.6. The second kappa shape index (κ2) is 7.44. The van der Waals surface area contributed by atoms with Crippen LogP contribution in [0.1, 0.15) is 26.3 Å². The van der Waals surface area contributed by atoms with Crippen molar-refractivity contribution >= 4 is 11.7 Å². The summed E-state index contributed by atoms with van der Waals surface area (Å²) in [6, 6.07) is 5.08. The van der Waals surface area contributed by atoms with Gasteiger partial charge in [-0.3, -0.25) is 4.68 Å². The lowest BCUT2D eigenvalue weighted by Gasteiger charge is -2.24. The Labute approximate surface area is 140 Å². The lowest BCUT2D eigenvalue weighted by molar-refractivity contribution is 0.0599. The molecule has 130 valence electrons. The number of anilines is 1. The van der Waals surface area contributed by atoms with Crippen LogP contribution < -0.4 is 10.6 Å². The molecule has 1 aromatic carbocycles. The molecule has 0 saturated carbocycles. The minimum atomic E-state index is -1.30. The predicted octanol–water partition coefficient (Wildman–Crippen LogP) is 2.71. The van der Waals surface area contributed by atoms with Crippen molar-refractivity contribution in [1.29, 1.82) is 0 Å². The number of hydrogen-bond acceptors (Lipinski definition) is 3. The largest absolute Gasteiger partial charge is 0.384 e. The highest BCUT2D eigenvalue weighted by Crippen LogP contribution is 2.20. The monoisotopic (exact) mass is 334 g/mol. The first-order valence-corrected chi connectivity index (χ1v) is 7.82. The Balaban J connectivity index is 1.88. The summed E-state index contributed by atoms with van der Waals surface area (Å²) in [5, 5.41) is 19.8. The van der Waals surface area contributed by atoms with Gasteiger partial charge in [0.1, 0.15) is 11.4 Å². The van der Waals surface area contributed by atoms with E-state index in [1.165, 1.54) is 24.3 Å². The number of nitrogens with one attached hydrogen (secondary N) is 2. The number of benzene rings is 1. The summed E-state index contributed by atoms with van der Waals surface area (Å²) in [5.41, 5.74) is -0.198. The van der Waals surface area contributed by atoms with Crippen LogP contribution in [0.4, 0.5) is 14.9 Å². The van der Waals surface area contributed by atoms with E-state index in [9.17, 15) is 14.3 Å². The molecule has 0 bridgehead atoms. The van der Waals surface area contributed by atoms with Crippen LogP contribution in [0.15, 0.2) is 36.7 Å². The second-order valence-corrected chi connectivity index (χ2v) is 6.43. The van der Waals surface area contributed by atoms with E-state index >= 15 is 0 Å². The maximum Gasteiger partial charge on any atom is 0.319 e. The Morgan fingerprint density at radius 3 is 2.67 bits per heavy atom. The highest BCUT2D eigenvalue weighted by Gasteiger charge is 2.23. The van der Waals surface area contributed by atoms with Crippen LogP contribution in [0.5, 0.6) is 0 Å². The molecule has 1 heterocycles. The van der Waals surface area contributed by atoms with Crippen LogP contribution in [0.2, 0.25) is 0 Å². The number of nitrogens with zero attached hydrogens (tertiary/aromatic N) is 2. The van der Waals surface area contributed by atoms with Gasteiger partial charge in [0.05, 0.1) is 18.4 Å². The summed E-state index contributed by atoms with van der Waals surface area (Å²) in [4.78, 5) is 11.9. The lowest BCUT2D eigenvalue weighted by atomic mass is 9.96. The quantitative estimate of drug-likeness (QED) is 0.760. The molecule has 0 saturated heterocycles. The molecule has 0 radical (unpaired) electrons. The van der Waals surface area contributed by atoms with Crippen LogP contribution in [0, 0.1) is 11.7 Å². The van der Waals surface area contributed by atoms with Crippen molar-refractivity contribution in [3.05, 3.63) is 48.0 Å². The molecule has 0 fully saturated rings. The van der Waals surface area contributed by atoms with E-state index in [0.717, 1.165) is 6.54 Å². The molecule has 0 spiro atoms. The van der Waals surface area contributed by atoms with Crippen LogP contribution in [-0.2, 0) is 12.1 Å². The average molecular weight is 334 g/mol. The zero-order valence-corrected chi connectivity index (χ0v) is 14.1. The number of carbonyl (C=O) groups is 1. The molecule has 6 nitrogen and oxygen atoms in total. The molecule has 1 unspecified atom stereocenters. The van der Waals surface area contributed by atoms with Crippen LogP contribution in [-0.4, -0.2) is 27.5 Å². The fourth-order valence-corrected chi connectivity index (χ4v) is 2.24. The molecule has 0 aliphatic heterocycles. The summed E-state index contributed by atoms with van der Waals surface area (Å²) < 4.78 is 14.7. The van der Waals surface area contributed by atoms with Crippen molar-refractivity contribution in [3.8, 4) is 0 Å². The first kappa shape index (κ1) is 17.9. The highest BCUT2D eigenvalue weighted by molar-refractivity contribution is 5.88. The zero-order chi connectivity index (χ0) is 17.7. The van der Waals surface area contributed by atoms with Crippen LogP contribution >= 0.6 is 0 Å². The van der Waals surface area contributed by atoms with Gasteiger partial charge in [-0.1, -0.05) is 26.0 Å². The Morgan fingerprint density at radius 2 is 2.04 bits per heavy atom. The van der Waals surface area contributed by atoms with E-state index in [1.807, 2.05) is 0 Å². The van der Waals surface area contributed by atoms with Crippen molar-refractivity contribution in [3.63, 3.8) is 0 Å². The van der Waals surface area contributed by atoms with Gasteiger partial charge in [0.25, 0.3) is 0 Å². The first-order valence-electron chi connectivity index (χ1n) is 7.82. The number of halogens is 1. The molecule has 0 aliphatic carbocycles. The van der Waals surface area contributed by atoms with Crippen LogP contribution in [0.3, 0.4) is 0 Å². The molecular weight excluding hydrogens is 311 g/mol. The van der Waals surface area contributed by atoms with E-state index in [2.05, 4.69) is 29.6 Å². The fraction of sp³-hybridized carbons (Fsp3) is 0.412. The molecule has 2 rings (SSSR count). The molecule has 2 aromatic rings. The van der Waals surface area contributed by atoms with Gasteiger partial charge >= 0.3 is 6.03 Å². The molecule has 1 aromatic heterocycles. The van der Waals surface area contributed by atoms with Crippen molar-refractivity contribution < 1.29 is 14.3 Å². The standard InChI is InChI=1S/C17H23FN4O2/c1-12(2)9-22-10-15(8-20-22)21-16(23)19-11-17(3,24)13-4-6-14(18)7-5-13/h4-8,10,12,24H,9,11H2,1-3H3,(H2,19,21,23). The van der Waals surface area contributed by atoms with Gasteiger partial charge in [-0.2, -0.15) is 5.10 Å². The Morgan fingerprint density at radius 1 is 1.38 bits per heavy atom. The second-order valence-electron chi connectivity index (χ2n) is 6.43. The maximum atomic E-state index is 12.9. The molecule has 0 aliphatic rings. The van der Waals surface area contributed by atoms with Gasteiger partial charge in [0.2, 0.25) is 0 Å². The average Bonchev–Trinajstić information content (AvgIpc) is 2.92. The third kappa shape index (κ3) is 5.06. The number of aromatic nitrogens is 2. The summed E-state index contributed by atoms with van der Waals surface area (Å²) >= 11 is 0. The van der Waals surface area contributed by atoms with Gasteiger partial charge in [0, 0.05) is 12.7 Å². The summed E-state index contributed by atoms with van der Waals surface area (Å²) in [6.45, 7) is 6.48. The number of aliphatic hydroxyl groups is 1. The molecular formula is C17H23FN4O2. The summed E-state index contributed by atoms with van der Waals surface area (Å²) in [7, 11) is 0. The van der Waals surface area contributed by atoms with E-state index < -0.39 is 11.6 Å². The van der Waals surface area contributed by atoms with Crippen molar-refractivity contribution in [2.45, 2.75) is 32.9 Å². The molecule has 2 amide bonds.